The van der Waals surface area contributed by atoms with Gasteiger partial charge in [-0.3, -0.25) is 14.6 Å². The van der Waals surface area contributed by atoms with Gasteiger partial charge in [0.25, 0.3) is 0 Å². The highest BCUT2D eigenvalue weighted by molar-refractivity contribution is 5.78. The monoisotopic (exact) mass is 341 g/mol. The molecule has 138 valence electrons. The summed E-state index contributed by atoms with van der Waals surface area (Å²) >= 11 is 0. The third-order valence-corrected chi connectivity index (χ3v) is 4.83. The molecule has 3 rings (SSSR count). The summed E-state index contributed by atoms with van der Waals surface area (Å²) in [5, 5.41) is 3.02. The second-order valence-corrected chi connectivity index (χ2v) is 7.52. The van der Waals surface area contributed by atoms with Crippen LogP contribution in [-0.4, -0.2) is 93.2 Å². The van der Waals surface area contributed by atoms with Gasteiger partial charge < -0.3 is 19.5 Å². The highest BCUT2D eigenvalue weighted by Gasteiger charge is 2.43. The van der Waals surface area contributed by atoms with Crippen LogP contribution in [0, 0.1) is 5.92 Å². The van der Waals surface area contributed by atoms with Gasteiger partial charge in [0.15, 0.2) is 5.79 Å². The topological polar surface area (TPSA) is 63.3 Å². The maximum absolute atomic E-state index is 12.2. The molecule has 3 aliphatic heterocycles. The van der Waals surface area contributed by atoms with E-state index in [4.69, 9.17) is 14.2 Å². The summed E-state index contributed by atoms with van der Waals surface area (Å²) in [6, 6.07) is 0. The van der Waals surface area contributed by atoms with E-state index in [2.05, 4.69) is 29.0 Å². The summed E-state index contributed by atoms with van der Waals surface area (Å²) < 4.78 is 17.2. The number of morpholine rings is 1. The van der Waals surface area contributed by atoms with Crippen molar-refractivity contribution in [2.24, 2.45) is 5.92 Å². The van der Waals surface area contributed by atoms with E-state index in [-0.39, 0.29) is 12.0 Å². The number of nitrogens with one attached hydrogen (secondary N) is 1. The van der Waals surface area contributed by atoms with Gasteiger partial charge in [-0.05, 0) is 5.92 Å². The maximum Gasteiger partial charge on any atom is 0.234 e. The Morgan fingerprint density at radius 3 is 2.75 bits per heavy atom. The van der Waals surface area contributed by atoms with Gasteiger partial charge in [0.05, 0.1) is 39.0 Å². The van der Waals surface area contributed by atoms with Crippen LogP contribution >= 0.6 is 0 Å². The Kier molecular flexibility index (Phi) is 6.10. The molecule has 1 unspecified atom stereocenters. The zero-order valence-corrected chi connectivity index (χ0v) is 15.0. The molecule has 1 amide bonds. The lowest BCUT2D eigenvalue weighted by molar-refractivity contribution is -0.146. The van der Waals surface area contributed by atoms with E-state index >= 15 is 0 Å². The number of rotatable bonds is 6. The minimum Gasteiger partial charge on any atom is -0.374 e. The molecule has 3 aliphatic rings. The Hall–Kier alpha value is -0.730. The van der Waals surface area contributed by atoms with Crippen molar-refractivity contribution in [1.82, 2.24) is 15.1 Å². The molecule has 3 heterocycles. The summed E-state index contributed by atoms with van der Waals surface area (Å²) in [4.78, 5) is 16.7. The van der Waals surface area contributed by atoms with E-state index in [1.165, 1.54) is 0 Å². The van der Waals surface area contributed by atoms with Crippen LogP contribution in [0.4, 0.5) is 0 Å². The van der Waals surface area contributed by atoms with E-state index < -0.39 is 5.79 Å². The SMILES string of the molecule is CC(C)CN1CCOC(CNC(=O)CN2CCC3(C2)OCCO3)C1. The van der Waals surface area contributed by atoms with Gasteiger partial charge in [-0.15, -0.1) is 0 Å². The van der Waals surface area contributed by atoms with E-state index in [0.29, 0.717) is 38.8 Å². The van der Waals surface area contributed by atoms with Crippen molar-refractivity contribution in [3.05, 3.63) is 0 Å². The number of nitrogens with zero attached hydrogens (tertiary/aromatic N) is 2. The molecule has 1 N–H and O–H groups in total. The van der Waals surface area contributed by atoms with Crippen molar-refractivity contribution >= 4 is 5.91 Å². The van der Waals surface area contributed by atoms with Crippen LogP contribution < -0.4 is 5.32 Å². The van der Waals surface area contributed by atoms with Gasteiger partial charge in [0, 0.05) is 39.1 Å². The first-order valence-corrected chi connectivity index (χ1v) is 9.16. The maximum atomic E-state index is 12.2. The Balaban J connectivity index is 1.35. The minimum atomic E-state index is -0.454. The molecule has 7 heteroatoms. The summed E-state index contributed by atoms with van der Waals surface area (Å²) in [5.41, 5.74) is 0. The molecule has 1 atom stereocenters. The number of amides is 1. The molecule has 0 aromatic heterocycles. The number of ether oxygens (including phenoxy) is 3. The first kappa shape index (κ1) is 18.1. The summed E-state index contributed by atoms with van der Waals surface area (Å²) in [7, 11) is 0. The second-order valence-electron chi connectivity index (χ2n) is 7.52. The molecule has 24 heavy (non-hydrogen) atoms. The molecule has 0 aromatic carbocycles. The minimum absolute atomic E-state index is 0.0506. The van der Waals surface area contributed by atoms with Gasteiger partial charge in [-0.25, -0.2) is 0 Å². The normalized spacial score (nSPS) is 28.0. The number of carbonyl (C=O) groups excluding carboxylic acids is 1. The molecule has 0 aromatic rings. The van der Waals surface area contributed by atoms with E-state index in [1.54, 1.807) is 0 Å². The first-order valence-electron chi connectivity index (χ1n) is 9.16. The largest absolute Gasteiger partial charge is 0.374 e. The van der Waals surface area contributed by atoms with E-state index in [0.717, 1.165) is 39.2 Å². The zero-order valence-electron chi connectivity index (χ0n) is 15.0. The van der Waals surface area contributed by atoms with Gasteiger partial charge in [0.2, 0.25) is 5.91 Å². The molecule has 0 aliphatic carbocycles. The molecular weight excluding hydrogens is 310 g/mol. The van der Waals surface area contributed by atoms with Crippen molar-refractivity contribution < 1.29 is 19.0 Å². The van der Waals surface area contributed by atoms with Crippen molar-refractivity contribution in [2.45, 2.75) is 32.2 Å². The molecule has 7 nitrogen and oxygen atoms in total. The average molecular weight is 341 g/mol. The number of hydrogen-bond donors (Lipinski definition) is 1. The summed E-state index contributed by atoms with van der Waals surface area (Å²) in [6.45, 7) is 12.0. The number of hydrogen-bond acceptors (Lipinski definition) is 6. The quantitative estimate of drug-likeness (QED) is 0.728. The predicted octanol–water partition coefficient (Wildman–Crippen LogP) is -0.0918. The van der Waals surface area contributed by atoms with Crippen LogP contribution in [0.1, 0.15) is 20.3 Å². The van der Waals surface area contributed by atoms with Gasteiger partial charge in [-0.2, -0.15) is 0 Å². The van der Waals surface area contributed by atoms with Crippen molar-refractivity contribution in [1.29, 1.82) is 0 Å². The highest BCUT2D eigenvalue weighted by Crippen LogP contribution is 2.29. The summed E-state index contributed by atoms with van der Waals surface area (Å²) in [6.07, 6.45) is 0.934. The second kappa shape index (κ2) is 8.10. The van der Waals surface area contributed by atoms with Crippen LogP contribution in [0.2, 0.25) is 0 Å². The first-order chi connectivity index (χ1) is 11.5. The van der Waals surface area contributed by atoms with Crippen LogP contribution in [0.15, 0.2) is 0 Å². The molecule has 3 saturated heterocycles. The average Bonchev–Trinajstić information content (AvgIpc) is 3.15. The lowest BCUT2D eigenvalue weighted by atomic mass is 10.2. The van der Waals surface area contributed by atoms with E-state index in [9.17, 15) is 4.79 Å². The number of likely N-dealkylation sites (tertiary alicyclic amines) is 1. The molecule has 3 fully saturated rings. The van der Waals surface area contributed by atoms with Gasteiger partial charge in [0.1, 0.15) is 0 Å². The summed E-state index contributed by atoms with van der Waals surface area (Å²) in [5.74, 6) is 0.250. The fourth-order valence-corrected chi connectivity index (χ4v) is 3.77. The van der Waals surface area contributed by atoms with E-state index in [1.807, 2.05) is 0 Å². The Labute approximate surface area is 144 Å². The van der Waals surface area contributed by atoms with Gasteiger partial charge >= 0.3 is 0 Å². The molecule has 0 saturated carbocycles. The molecule has 1 spiro atoms. The third kappa shape index (κ3) is 4.89. The standard InChI is InChI=1S/C17H31N3O4/c1-14(2)10-19-5-6-22-15(11-19)9-18-16(21)12-20-4-3-17(13-20)23-7-8-24-17/h14-15H,3-13H2,1-2H3,(H,18,21). The Morgan fingerprint density at radius 2 is 2.00 bits per heavy atom. The fourth-order valence-electron chi connectivity index (χ4n) is 3.77. The molecule has 0 bridgehead atoms. The lowest BCUT2D eigenvalue weighted by Crippen LogP contribution is -2.49. The smallest absolute Gasteiger partial charge is 0.234 e. The highest BCUT2D eigenvalue weighted by atomic mass is 16.7. The van der Waals surface area contributed by atoms with Crippen LogP contribution in [0.3, 0.4) is 0 Å². The van der Waals surface area contributed by atoms with Crippen LogP contribution in [0.25, 0.3) is 0 Å². The van der Waals surface area contributed by atoms with Crippen molar-refractivity contribution in [3.63, 3.8) is 0 Å². The molecule has 0 radical (unpaired) electrons. The van der Waals surface area contributed by atoms with Crippen molar-refractivity contribution in [3.8, 4) is 0 Å². The van der Waals surface area contributed by atoms with Crippen LogP contribution in [0.5, 0.6) is 0 Å². The zero-order chi connectivity index (χ0) is 17.0. The fraction of sp³-hybridized carbons (Fsp3) is 0.941. The third-order valence-electron chi connectivity index (χ3n) is 4.83. The molecular formula is C17H31N3O4. The Morgan fingerprint density at radius 1 is 1.21 bits per heavy atom. The van der Waals surface area contributed by atoms with Crippen LogP contribution in [-0.2, 0) is 19.0 Å². The van der Waals surface area contributed by atoms with Gasteiger partial charge in [-0.1, -0.05) is 13.8 Å². The predicted molar refractivity (Wildman–Crippen MR) is 89.7 cm³/mol. The van der Waals surface area contributed by atoms with Crippen molar-refractivity contribution in [2.75, 3.05) is 65.6 Å². The lowest BCUT2D eigenvalue weighted by Gasteiger charge is -2.34. The Bertz CT molecular complexity index is 426. The number of carbonyl (C=O) groups is 1.